The maximum absolute atomic E-state index is 4.29. The molecule has 0 aliphatic heterocycles. The van der Waals surface area contributed by atoms with Gasteiger partial charge in [-0.05, 0) is 47.6 Å². The highest BCUT2D eigenvalue weighted by atomic mass is 14.2. The predicted molar refractivity (Wildman–Crippen MR) is 73.2 cm³/mol. The monoisotopic (exact) mass is 220 g/mol. The first-order valence-corrected chi connectivity index (χ1v) is 6.13. The Labute approximate surface area is 103 Å². The van der Waals surface area contributed by atoms with Crippen LogP contribution >= 0.6 is 0 Å². The first-order chi connectivity index (χ1) is 8.25. The fourth-order valence-electron chi connectivity index (χ4n) is 2.67. The van der Waals surface area contributed by atoms with Crippen molar-refractivity contribution in [3.63, 3.8) is 0 Å². The zero-order valence-corrected chi connectivity index (χ0v) is 10.2. The first kappa shape index (κ1) is 10.3. The molecule has 17 heavy (non-hydrogen) atoms. The average molecular weight is 220 g/mol. The minimum Gasteiger partial charge on any atom is -0.0905 e. The molecule has 0 amide bonds. The summed E-state index contributed by atoms with van der Waals surface area (Å²) in [6.45, 7) is 6.44. The number of benzene rings is 2. The first-order valence-electron chi connectivity index (χ1n) is 6.13. The van der Waals surface area contributed by atoms with Gasteiger partial charge in [0.05, 0.1) is 0 Å². The third-order valence-electron chi connectivity index (χ3n) is 3.59. The molecule has 84 valence electrons. The zero-order valence-electron chi connectivity index (χ0n) is 10.2. The van der Waals surface area contributed by atoms with Crippen molar-refractivity contribution in [2.45, 2.75) is 19.8 Å². The molecule has 1 aliphatic rings. The molecule has 1 aliphatic carbocycles. The molecule has 0 fully saturated rings. The van der Waals surface area contributed by atoms with E-state index in [4.69, 9.17) is 0 Å². The zero-order chi connectivity index (χ0) is 11.8. The van der Waals surface area contributed by atoms with Crippen molar-refractivity contribution >= 4 is 5.57 Å². The van der Waals surface area contributed by atoms with Gasteiger partial charge in [0.15, 0.2) is 0 Å². The lowest BCUT2D eigenvalue weighted by molar-refractivity contribution is 0.963. The van der Waals surface area contributed by atoms with E-state index in [0.29, 0.717) is 0 Å². The van der Waals surface area contributed by atoms with Gasteiger partial charge in [0, 0.05) is 0 Å². The van der Waals surface area contributed by atoms with Crippen LogP contribution in [-0.4, -0.2) is 0 Å². The Morgan fingerprint density at radius 2 is 1.59 bits per heavy atom. The van der Waals surface area contributed by atoms with Crippen LogP contribution < -0.4 is 0 Å². The van der Waals surface area contributed by atoms with Crippen LogP contribution in [-0.2, 0) is 12.8 Å². The lowest BCUT2D eigenvalue weighted by atomic mass is 9.95. The molecule has 0 saturated heterocycles. The maximum Gasteiger partial charge on any atom is -0.0151 e. The largest absolute Gasteiger partial charge is 0.0905 e. The molecule has 0 aromatic heterocycles. The molecule has 0 spiro atoms. The van der Waals surface area contributed by atoms with Crippen LogP contribution in [0.25, 0.3) is 5.57 Å². The Kier molecular flexibility index (Phi) is 2.36. The Hall–Kier alpha value is -1.82. The minimum atomic E-state index is 1.12. The summed E-state index contributed by atoms with van der Waals surface area (Å²) < 4.78 is 0. The summed E-state index contributed by atoms with van der Waals surface area (Å²) in [6.07, 6.45) is 2.23. The van der Waals surface area contributed by atoms with Crippen molar-refractivity contribution in [3.05, 3.63) is 76.9 Å². The Balaban J connectivity index is 2.20. The summed E-state index contributed by atoms with van der Waals surface area (Å²) in [5, 5.41) is 0. The van der Waals surface area contributed by atoms with Crippen molar-refractivity contribution in [3.8, 4) is 0 Å². The highest BCUT2D eigenvalue weighted by Gasteiger charge is 2.15. The van der Waals surface area contributed by atoms with Crippen molar-refractivity contribution in [1.29, 1.82) is 0 Å². The van der Waals surface area contributed by atoms with Crippen LogP contribution in [0.1, 0.15) is 27.8 Å². The number of aryl methyl sites for hydroxylation is 3. The lowest BCUT2D eigenvalue weighted by Crippen LogP contribution is -1.92. The normalized spacial score (nSPS) is 13.8. The highest BCUT2D eigenvalue weighted by Crippen LogP contribution is 2.32. The summed E-state index contributed by atoms with van der Waals surface area (Å²) in [7, 11) is 0. The summed E-state index contributed by atoms with van der Waals surface area (Å²) in [5.74, 6) is 0. The Morgan fingerprint density at radius 3 is 2.47 bits per heavy atom. The van der Waals surface area contributed by atoms with Gasteiger partial charge < -0.3 is 0 Å². The van der Waals surface area contributed by atoms with Crippen molar-refractivity contribution in [2.24, 2.45) is 0 Å². The molecular formula is C17H16. The lowest BCUT2D eigenvalue weighted by Gasteiger charge is -2.10. The molecule has 0 saturated carbocycles. The molecule has 0 N–H and O–H groups in total. The summed E-state index contributed by atoms with van der Waals surface area (Å²) >= 11 is 0. The standard InChI is InChI=1S/C17H16/c1-12-7-10-17-13(2)16-6-4-3-5-14(16)8-9-15(17)11-12/h3-7,10-11H,2,8-9H2,1H3. The van der Waals surface area contributed by atoms with E-state index >= 15 is 0 Å². The van der Waals surface area contributed by atoms with Crippen molar-refractivity contribution in [1.82, 2.24) is 0 Å². The molecule has 0 radical (unpaired) electrons. The van der Waals surface area contributed by atoms with E-state index in [2.05, 4.69) is 56.0 Å². The summed E-state index contributed by atoms with van der Waals surface area (Å²) in [6, 6.07) is 15.3. The smallest absolute Gasteiger partial charge is 0.0151 e. The van der Waals surface area contributed by atoms with Crippen molar-refractivity contribution < 1.29 is 0 Å². The molecule has 0 unspecified atom stereocenters. The molecule has 0 bridgehead atoms. The third-order valence-corrected chi connectivity index (χ3v) is 3.59. The van der Waals surface area contributed by atoms with Gasteiger partial charge in [0.2, 0.25) is 0 Å². The Bertz CT molecular complexity index is 591. The van der Waals surface area contributed by atoms with Crippen LogP contribution in [0.5, 0.6) is 0 Å². The van der Waals surface area contributed by atoms with Gasteiger partial charge in [-0.1, -0.05) is 54.6 Å². The van der Waals surface area contributed by atoms with Gasteiger partial charge in [0.25, 0.3) is 0 Å². The minimum absolute atomic E-state index is 1.12. The van der Waals surface area contributed by atoms with Crippen LogP contribution in [0.3, 0.4) is 0 Å². The number of rotatable bonds is 0. The van der Waals surface area contributed by atoms with Crippen LogP contribution in [0.2, 0.25) is 0 Å². The second-order valence-corrected chi connectivity index (χ2v) is 4.80. The molecular weight excluding hydrogens is 204 g/mol. The highest BCUT2D eigenvalue weighted by molar-refractivity contribution is 5.82. The molecule has 2 aromatic rings. The fraction of sp³-hybridized carbons (Fsp3) is 0.176. The summed E-state index contributed by atoms with van der Waals surface area (Å²) in [4.78, 5) is 0. The van der Waals surface area contributed by atoms with Gasteiger partial charge in [-0.25, -0.2) is 0 Å². The van der Waals surface area contributed by atoms with Gasteiger partial charge in [-0.15, -0.1) is 0 Å². The van der Waals surface area contributed by atoms with Crippen molar-refractivity contribution in [2.75, 3.05) is 0 Å². The van der Waals surface area contributed by atoms with Gasteiger partial charge in [0.1, 0.15) is 0 Å². The molecule has 2 aromatic carbocycles. The maximum atomic E-state index is 4.29. The molecule has 0 nitrogen and oxygen atoms in total. The topological polar surface area (TPSA) is 0 Å². The molecule has 3 rings (SSSR count). The average Bonchev–Trinajstić information content (AvgIpc) is 2.48. The Morgan fingerprint density at radius 1 is 0.882 bits per heavy atom. The SMILES string of the molecule is C=C1c2ccccc2CCc2cc(C)ccc21. The van der Waals surface area contributed by atoms with E-state index in [1.807, 2.05) is 0 Å². The number of hydrogen-bond donors (Lipinski definition) is 0. The number of hydrogen-bond acceptors (Lipinski definition) is 0. The van der Waals surface area contributed by atoms with Gasteiger partial charge in [-0.2, -0.15) is 0 Å². The molecule has 0 heterocycles. The quantitative estimate of drug-likeness (QED) is 0.625. The van der Waals surface area contributed by atoms with E-state index < -0.39 is 0 Å². The second-order valence-electron chi connectivity index (χ2n) is 4.80. The number of fused-ring (bicyclic) bond motifs is 2. The van der Waals surface area contributed by atoms with Crippen LogP contribution in [0.15, 0.2) is 49.0 Å². The predicted octanol–water partition coefficient (Wildman–Crippen LogP) is 4.16. The van der Waals surface area contributed by atoms with Crippen LogP contribution in [0.4, 0.5) is 0 Å². The fourth-order valence-corrected chi connectivity index (χ4v) is 2.67. The molecule has 0 atom stereocenters. The van der Waals surface area contributed by atoms with E-state index in [9.17, 15) is 0 Å². The second kappa shape index (κ2) is 3.89. The molecule has 0 heteroatoms. The van der Waals surface area contributed by atoms with E-state index in [0.717, 1.165) is 12.8 Å². The van der Waals surface area contributed by atoms with E-state index in [-0.39, 0.29) is 0 Å². The van der Waals surface area contributed by atoms with E-state index in [1.165, 1.54) is 33.4 Å². The van der Waals surface area contributed by atoms with Gasteiger partial charge >= 0.3 is 0 Å². The summed E-state index contributed by atoms with van der Waals surface area (Å²) in [5.41, 5.74) is 8.00. The van der Waals surface area contributed by atoms with Crippen LogP contribution in [0, 0.1) is 6.92 Å². The third kappa shape index (κ3) is 1.70. The van der Waals surface area contributed by atoms with Gasteiger partial charge in [-0.3, -0.25) is 0 Å². The van der Waals surface area contributed by atoms with E-state index in [1.54, 1.807) is 0 Å².